The lowest BCUT2D eigenvalue weighted by Crippen LogP contribution is -2.29. The quantitative estimate of drug-likeness (QED) is 0.0422. The van der Waals surface area contributed by atoms with Crippen molar-refractivity contribution < 1.29 is 33.6 Å². The average molecular weight is 712 g/mol. The Morgan fingerprint density at radius 1 is 0.880 bits per heavy atom. The summed E-state index contributed by atoms with van der Waals surface area (Å²) in [5.41, 5.74) is 1.82. The third-order valence-electron chi connectivity index (χ3n) is 8.39. The van der Waals surface area contributed by atoms with Crippen LogP contribution in [0.2, 0.25) is 0 Å². The molecule has 1 aliphatic heterocycles. The molecule has 2 heterocycles. The molecule has 10 nitrogen and oxygen atoms in total. The van der Waals surface area contributed by atoms with Crippen LogP contribution in [0.15, 0.2) is 88.8 Å². The summed E-state index contributed by atoms with van der Waals surface area (Å²) >= 11 is 2.70. The van der Waals surface area contributed by atoms with Crippen molar-refractivity contribution in [2.24, 2.45) is 5.92 Å². The van der Waals surface area contributed by atoms with Crippen LogP contribution in [0.5, 0.6) is 23.0 Å². The van der Waals surface area contributed by atoms with Gasteiger partial charge in [0.15, 0.2) is 27.3 Å². The second-order valence-electron chi connectivity index (χ2n) is 12.0. The number of carbonyl (C=O) groups is 2. The molecule has 258 valence electrons. The summed E-state index contributed by atoms with van der Waals surface area (Å²) in [5.74, 6) is 0.760. The largest absolute Gasteiger partial charge is 0.507 e. The van der Waals surface area contributed by atoms with E-state index in [0.29, 0.717) is 51.2 Å². The van der Waals surface area contributed by atoms with E-state index < -0.39 is 17.7 Å². The average Bonchev–Trinajstić information content (AvgIpc) is 3.71. The van der Waals surface area contributed by atoms with Gasteiger partial charge in [-0.3, -0.25) is 14.5 Å². The summed E-state index contributed by atoms with van der Waals surface area (Å²) in [6.45, 7) is 4.73. The number of benzene rings is 4. The minimum absolute atomic E-state index is 0.113. The van der Waals surface area contributed by atoms with Crippen LogP contribution < -0.4 is 23.8 Å². The lowest BCUT2D eigenvalue weighted by molar-refractivity contribution is -0.132. The fourth-order valence-corrected chi connectivity index (χ4v) is 7.65. The lowest BCUT2D eigenvalue weighted by Gasteiger charge is -2.23. The summed E-state index contributed by atoms with van der Waals surface area (Å²) in [6, 6.07) is 23.3. The zero-order valence-corrected chi connectivity index (χ0v) is 30.0. The molecule has 12 heteroatoms. The van der Waals surface area contributed by atoms with Gasteiger partial charge in [0.25, 0.3) is 5.78 Å². The number of methoxy groups -OCH3 is 3. The van der Waals surface area contributed by atoms with E-state index in [-0.39, 0.29) is 22.0 Å². The van der Waals surface area contributed by atoms with Gasteiger partial charge < -0.3 is 24.1 Å². The minimum atomic E-state index is -1.05. The standard InChI is InChI=1S/C38H37N3O7S2/c1-22(2)17-18-48-29-16-13-24(19-31(29)47-5)33-32(34(42)25-14-15-28(45-3)30(20-25)46-4)35(43)36(44)41(33)37-39-40-38(50-37)49-21-26-11-8-10-23-9-6-7-12-27(23)26/h6-16,19-20,22,33,42H,17-18,21H2,1-5H3/b34-32-. The van der Waals surface area contributed by atoms with Crippen LogP contribution >= 0.6 is 23.1 Å². The molecule has 1 fully saturated rings. The molecule has 1 aromatic heterocycles. The van der Waals surface area contributed by atoms with E-state index in [4.69, 9.17) is 18.9 Å². The molecule has 4 aromatic carbocycles. The molecule has 1 saturated heterocycles. The molecule has 1 atom stereocenters. The Labute approximate surface area is 298 Å². The van der Waals surface area contributed by atoms with E-state index in [0.717, 1.165) is 22.8 Å². The Morgan fingerprint density at radius 3 is 2.36 bits per heavy atom. The van der Waals surface area contributed by atoms with E-state index in [1.807, 2.05) is 18.2 Å². The lowest BCUT2D eigenvalue weighted by atomic mass is 9.95. The molecular formula is C38H37N3O7S2. The van der Waals surface area contributed by atoms with Gasteiger partial charge in [0.2, 0.25) is 5.13 Å². The predicted octanol–water partition coefficient (Wildman–Crippen LogP) is 8.06. The number of nitrogens with zero attached hydrogens (tertiary/aromatic N) is 3. The van der Waals surface area contributed by atoms with Gasteiger partial charge in [-0.1, -0.05) is 85.5 Å². The molecule has 1 unspecified atom stereocenters. The number of amides is 1. The van der Waals surface area contributed by atoms with Gasteiger partial charge in [-0.2, -0.15) is 0 Å². The number of thioether (sulfide) groups is 1. The summed E-state index contributed by atoms with van der Waals surface area (Å²) in [6.07, 6.45) is 0.855. The molecule has 1 aliphatic rings. The molecule has 6 rings (SSSR count). The van der Waals surface area contributed by atoms with Gasteiger partial charge in [0, 0.05) is 11.3 Å². The Hall–Kier alpha value is -5.07. The highest BCUT2D eigenvalue weighted by Crippen LogP contribution is 2.46. The van der Waals surface area contributed by atoms with Gasteiger partial charge in [0.1, 0.15) is 5.76 Å². The maximum absolute atomic E-state index is 13.9. The molecule has 1 N–H and O–H groups in total. The van der Waals surface area contributed by atoms with Crippen molar-refractivity contribution in [3.63, 3.8) is 0 Å². The van der Waals surface area contributed by atoms with Crippen molar-refractivity contribution in [2.45, 2.75) is 36.4 Å². The van der Waals surface area contributed by atoms with Gasteiger partial charge in [0.05, 0.1) is 39.6 Å². The second-order valence-corrected chi connectivity index (χ2v) is 14.1. The van der Waals surface area contributed by atoms with Crippen molar-refractivity contribution in [2.75, 3.05) is 32.8 Å². The molecule has 0 saturated carbocycles. The molecule has 0 spiro atoms. The predicted molar refractivity (Wildman–Crippen MR) is 196 cm³/mol. The molecule has 1 amide bonds. The number of ether oxygens (including phenoxy) is 4. The summed E-state index contributed by atoms with van der Waals surface area (Å²) < 4.78 is 23.1. The van der Waals surface area contributed by atoms with Crippen molar-refractivity contribution in [1.29, 1.82) is 0 Å². The first-order chi connectivity index (χ1) is 24.2. The molecule has 50 heavy (non-hydrogen) atoms. The zero-order chi connectivity index (χ0) is 35.4. The number of aliphatic hydroxyl groups is 1. The second kappa shape index (κ2) is 15.2. The van der Waals surface area contributed by atoms with Crippen LogP contribution in [-0.4, -0.2) is 54.9 Å². The van der Waals surface area contributed by atoms with Crippen molar-refractivity contribution in [1.82, 2.24) is 10.2 Å². The van der Waals surface area contributed by atoms with Crippen molar-refractivity contribution in [3.8, 4) is 23.0 Å². The topological polar surface area (TPSA) is 120 Å². The number of aromatic nitrogens is 2. The number of fused-ring (bicyclic) bond motifs is 1. The Kier molecular flexibility index (Phi) is 10.6. The number of aliphatic hydroxyl groups excluding tert-OH is 1. The molecule has 0 aliphatic carbocycles. The van der Waals surface area contributed by atoms with Crippen LogP contribution in [0, 0.1) is 5.92 Å². The van der Waals surface area contributed by atoms with Crippen LogP contribution in [-0.2, 0) is 15.3 Å². The summed E-state index contributed by atoms with van der Waals surface area (Å²) in [5, 5.41) is 23.0. The molecule has 0 bridgehead atoms. The highest BCUT2D eigenvalue weighted by atomic mass is 32.2. The number of ketones is 1. The fraction of sp³-hybridized carbons (Fsp3) is 0.263. The van der Waals surface area contributed by atoms with Gasteiger partial charge in [-0.15, -0.1) is 10.2 Å². The maximum atomic E-state index is 13.9. The van der Waals surface area contributed by atoms with Gasteiger partial charge in [-0.05, 0) is 64.6 Å². The van der Waals surface area contributed by atoms with Gasteiger partial charge >= 0.3 is 5.91 Å². The normalized spacial score (nSPS) is 15.6. The number of Topliss-reactive ketones (excluding diaryl/α,β-unsaturated/α-hetero) is 1. The van der Waals surface area contributed by atoms with Crippen LogP contribution in [0.3, 0.4) is 0 Å². The highest BCUT2D eigenvalue weighted by Gasteiger charge is 2.48. The number of carbonyl (C=O) groups excluding carboxylic acids is 2. The Balaban J connectivity index is 1.40. The van der Waals surface area contributed by atoms with E-state index in [1.165, 1.54) is 49.3 Å². The van der Waals surface area contributed by atoms with Crippen LogP contribution in [0.25, 0.3) is 16.5 Å². The van der Waals surface area contributed by atoms with Crippen molar-refractivity contribution >= 4 is 56.5 Å². The first-order valence-electron chi connectivity index (χ1n) is 16.0. The number of hydrogen-bond donors (Lipinski definition) is 1. The summed E-state index contributed by atoms with van der Waals surface area (Å²) in [7, 11) is 4.51. The first-order valence-corrected chi connectivity index (χ1v) is 17.8. The molecule has 5 aromatic rings. The van der Waals surface area contributed by atoms with Gasteiger partial charge in [-0.25, -0.2) is 0 Å². The third-order valence-corrected chi connectivity index (χ3v) is 10.5. The zero-order valence-electron chi connectivity index (χ0n) is 28.3. The summed E-state index contributed by atoms with van der Waals surface area (Å²) in [4.78, 5) is 29.0. The van der Waals surface area contributed by atoms with E-state index in [2.05, 4.69) is 48.3 Å². The first kappa shape index (κ1) is 34.8. The highest BCUT2D eigenvalue weighted by molar-refractivity contribution is 8.00. The third kappa shape index (κ3) is 6.99. The minimum Gasteiger partial charge on any atom is -0.507 e. The SMILES string of the molecule is COc1ccc(/C(O)=C2/C(=O)C(=O)N(c3nnc(SCc4cccc5ccccc45)s3)C2c2ccc(OCCC(C)C)c(OC)c2)cc1OC. The fourth-order valence-electron chi connectivity index (χ4n) is 5.78. The number of hydrogen-bond acceptors (Lipinski definition) is 11. The van der Waals surface area contributed by atoms with E-state index in [9.17, 15) is 14.7 Å². The maximum Gasteiger partial charge on any atom is 0.301 e. The smallest absolute Gasteiger partial charge is 0.301 e. The van der Waals surface area contributed by atoms with E-state index >= 15 is 0 Å². The van der Waals surface area contributed by atoms with Crippen molar-refractivity contribution in [3.05, 3.63) is 101 Å². The van der Waals surface area contributed by atoms with E-state index in [1.54, 1.807) is 36.4 Å². The Morgan fingerprint density at radius 2 is 1.60 bits per heavy atom. The molecule has 0 radical (unpaired) electrons. The van der Waals surface area contributed by atoms with Crippen LogP contribution in [0.1, 0.15) is 43.0 Å². The number of anilines is 1. The molecular weight excluding hydrogens is 675 g/mol. The number of rotatable bonds is 13. The monoisotopic (exact) mass is 711 g/mol. The van der Waals surface area contributed by atoms with Crippen LogP contribution in [0.4, 0.5) is 5.13 Å². The Bertz CT molecular complexity index is 2070.